The predicted octanol–water partition coefficient (Wildman–Crippen LogP) is 2.40. The summed E-state index contributed by atoms with van der Waals surface area (Å²) in [4.78, 5) is 18.8. The molecule has 0 fully saturated rings. The summed E-state index contributed by atoms with van der Waals surface area (Å²) in [7, 11) is 1.69. The van der Waals surface area contributed by atoms with E-state index >= 15 is 0 Å². The molecule has 1 aliphatic heterocycles. The number of nitrogens with two attached hydrogens (primary N) is 1. The van der Waals surface area contributed by atoms with Crippen molar-refractivity contribution in [3.05, 3.63) is 33.8 Å². The molecular weight excluding hydrogens is 318 g/mol. The molecule has 1 heterocycles. The zero-order valence-corrected chi connectivity index (χ0v) is 13.5. The average molecular weight is 336 g/mol. The molecule has 106 valence electrons. The van der Waals surface area contributed by atoms with E-state index in [1.807, 2.05) is 12.1 Å². The molecule has 0 saturated heterocycles. The molecule has 1 aliphatic carbocycles. The maximum absolute atomic E-state index is 12.8. The van der Waals surface area contributed by atoms with Crippen LogP contribution in [0.15, 0.2) is 27.7 Å². The second-order valence-corrected chi connectivity index (χ2v) is 7.43. The van der Waals surface area contributed by atoms with E-state index in [2.05, 4.69) is 40.8 Å². The van der Waals surface area contributed by atoms with Crippen molar-refractivity contribution in [3.63, 3.8) is 0 Å². The number of aliphatic imine (C=N–C) groups is 1. The van der Waals surface area contributed by atoms with Crippen molar-refractivity contribution in [1.29, 1.82) is 0 Å². The van der Waals surface area contributed by atoms with Crippen molar-refractivity contribution in [2.24, 2.45) is 16.1 Å². The largest absolute Gasteiger partial charge is 0.369 e. The first-order valence-corrected chi connectivity index (χ1v) is 7.47. The number of nitrogens with zero attached hydrogens (tertiary/aromatic N) is 2. The number of benzene rings is 1. The van der Waals surface area contributed by atoms with Crippen LogP contribution in [0.5, 0.6) is 0 Å². The topological polar surface area (TPSA) is 58.7 Å². The van der Waals surface area contributed by atoms with Gasteiger partial charge in [0, 0.05) is 11.5 Å². The summed E-state index contributed by atoms with van der Waals surface area (Å²) in [5.74, 6) is 0.278. The van der Waals surface area contributed by atoms with Gasteiger partial charge in [0.25, 0.3) is 5.91 Å². The van der Waals surface area contributed by atoms with E-state index in [1.54, 1.807) is 7.05 Å². The molecule has 1 unspecified atom stereocenters. The highest BCUT2D eigenvalue weighted by Crippen LogP contribution is 2.49. The van der Waals surface area contributed by atoms with Crippen LogP contribution in [0.4, 0.5) is 0 Å². The van der Waals surface area contributed by atoms with Gasteiger partial charge in [-0.15, -0.1) is 0 Å². The monoisotopic (exact) mass is 335 g/mol. The van der Waals surface area contributed by atoms with Crippen LogP contribution in [-0.2, 0) is 16.8 Å². The lowest BCUT2D eigenvalue weighted by molar-refractivity contribution is -0.132. The fourth-order valence-corrected chi connectivity index (χ4v) is 3.81. The van der Waals surface area contributed by atoms with Gasteiger partial charge in [-0.1, -0.05) is 35.8 Å². The third-order valence-corrected chi connectivity index (χ3v) is 4.72. The van der Waals surface area contributed by atoms with Crippen LogP contribution in [0.25, 0.3) is 0 Å². The Kier molecular flexibility index (Phi) is 2.77. The van der Waals surface area contributed by atoms with E-state index in [0.29, 0.717) is 12.4 Å². The molecule has 0 saturated carbocycles. The van der Waals surface area contributed by atoms with Gasteiger partial charge in [-0.2, -0.15) is 0 Å². The Morgan fingerprint density at radius 2 is 2.10 bits per heavy atom. The van der Waals surface area contributed by atoms with Gasteiger partial charge >= 0.3 is 0 Å². The molecule has 1 atom stereocenters. The summed E-state index contributed by atoms with van der Waals surface area (Å²) in [5, 5.41) is 0. The van der Waals surface area contributed by atoms with Crippen molar-refractivity contribution >= 4 is 27.8 Å². The molecular formula is C15H18BrN3O. The highest BCUT2D eigenvalue weighted by molar-refractivity contribution is 9.10. The molecule has 3 rings (SSSR count). The molecule has 1 spiro atoms. The lowest BCUT2D eigenvalue weighted by Gasteiger charge is -2.41. The fraction of sp³-hybridized carbons (Fsp3) is 0.467. The van der Waals surface area contributed by atoms with Crippen LogP contribution in [0.3, 0.4) is 0 Å². The van der Waals surface area contributed by atoms with E-state index in [0.717, 1.165) is 16.5 Å². The summed E-state index contributed by atoms with van der Waals surface area (Å²) >= 11 is 3.49. The van der Waals surface area contributed by atoms with Gasteiger partial charge in [-0.3, -0.25) is 9.69 Å². The molecule has 2 aliphatic rings. The number of halogens is 1. The Labute approximate surface area is 127 Å². The van der Waals surface area contributed by atoms with Gasteiger partial charge in [0.2, 0.25) is 0 Å². The number of hydrogen-bond acceptors (Lipinski definition) is 3. The van der Waals surface area contributed by atoms with Crippen LogP contribution < -0.4 is 5.73 Å². The number of fused-ring (bicyclic) bond motifs is 2. The molecule has 2 N–H and O–H groups in total. The predicted molar refractivity (Wildman–Crippen MR) is 82.3 cm³/mol. The minimum absolute atomic E-state index is 0.0193. The maximum Gasteiger partial charge on any atom is 0.261 e. The van der Waals surface area contributed by atoms with Crippen molar-refractivity contribution in [2.45, 2.75) is 32.2 Å². The van der Waals surface area contributed by atoms with E-state index in [4.69, 9.17) is 5.73 Å². The zero-order chi connectivity index (χ0) is 14.7. The molecule has 0 bridgehead atoms. The molecule has 4 nitrogen and oxygen atoms in total. The normalized spacial score (nSPS) is 27.7. The van der Waals surface area contributed by atoms with Crippen LogP contribution in [0.1, 0.15) is 31.4 Å². The second-order valence-electron chi connectivity index (χ2n) is 6.51. The van der Waals surface area contributed by atoms with Crippen molar-refractivity contribution in [1.82, 2.24) is 4.90 Å². The quantitative estimate of drug-likeness (QED) is 0.791. The highest BCUT2D eigenvalue weighted by atomic mass is 79.9. The van der Waals surface area contributed by atoms with E-state index in [9.17, 15) is 4.79 Å². The number of amides is 1. The number of guanidine groups is 1. The van der Waals surface area contributed by atoms with Gasteiger partial charge in [0.15, 0.2) is 11.5 Å². The third kappa shape index (κ3) is 1.79. The van der Waals surface area contributed by atoms with Crippen LogP contribution in [0.2, 0.25) is 0 Å². The number of carbonyl (C=O) groups excluding carboxylic acids is 1. The lowest BCUT2D eigenvalue weighted by Crippen LogP contribution is -2.46. The summed E-state index contributed by atoms with van der Waals surface area (Å²) < 4.78 is 0.964. The van der Waals surface area contributed by atoms with E-state index in [1.165, 1.54) is 10.5 Å². The zero-order valence-electron chi connectivity index (χ0n) is 11.9. The number of rotatable bonds is 0. The van der Waals surface area contributed by atoms with Gasteiger partial charge in [0.05, 0.1) is 0 Å². The molecule has 1 amide bonds. The maximum atomic E-state index is 12.8. The number of hydrogen-bond donors (Lipinski definition) is 1. The van der Waals surface area contributed by atoms with Gasteiger partial charge in [-0.25, -0.2) is 4.99 Å². The van der Waals surface area contributed by atoms with Gasteiger partial charge < -0.3 is 5.73 Å². The molecule has 5 heteroatoms. The Bertz CT molecular complexity index is 638. The number of carbonyl (C=O) groups is 1. The van der Waals surface area contributed by atoms with Crippen molar-refractivity contribution < 1.29 is 4.79 Å². The van der Waals surface area contributed by atoms with Crippen LogP contribution in [-0.4, -0.2) is 23.8 Å². The van der Waals surface area contributed by atoms with Crippen LogP contribution in [0, 0.1) is 5.41 Å². The Hall–Kier alpha value is -1.36. The SMILES string of the molecule is CN1C(=O)C2(CC(C)(C)Cc3ccc(Br)cc32)N=C1N. The standard InChI is InChI=1S/C15H18BrN3O/c1-14(2)7-9-4-5-10(16)6-11(9)15(8-14)12(20)19(3)13(17)18-15/h4-6H,7-8H2,1-3H3,(H2,17,18). The summed E-state index contributed by atoms with van der Waals surface area (Å²) in [6.07, 6.45) is 1.64. The Morgan fingerprint density at radius 1 is 1.40 bits per heavy atom. The molecule has 1 aromatic rings. The molecule has 0 radical (unpaired) electrons. The minimum atomic E-state index is -0.848. The van der Waals surface area contributed by atoms with Gasteiger partial charge in [0.1, 0.15) is 0 Å². The first-order chi connectivity index (χ1) is 9.25. The second kappa shape index (κ2) is 4.07. The first-order valence-electron chi connectivity index (χ1n) is 6.68. The van der Waals surface area contributed by atoms with Crippen LogP contribution >= 0.6 is 15.9 Å². The Morgan fingerprint density at radius 3 is 2.70 bits per heavy atom. The first kappa shape index (κ1) is 13.6. The van der Waals surface area contributed by atoms with Crippen molar-refractivity contribution in [3.8, 4) is 0 Å². The summed E-state index contributed by atoms with van der Waals surface area (Å²) in [6.45, 7) is 4.36. The fourth-order valence-electron chi connectivity index (χ4n) is 3.44. The summed E-state index contributed by atoms with van der Waals surface area (Å²) in [6, 6.07) is 6.11. The third-order valence-electron chi connectivity index (χ3n) is 4.23. The lowest BCUT2D eigenvalue weighted by atomic mass is 9.65. The number of likely N-dealkylation sites (N-methyl/N-ethyl adjacent to an activating group) is 1. The smallest absolute Gasteiger partial charge is 0.261 e. The highest BCUT2D eigenvalue weighted by Gasteiger charge is 2.54. The molecule has 0 aromatic heterocycles. The van der Waals surface area contributed by atoms with Gasteiger partial charge in [-0.05, 0) is 41.5 Å². The van der Waals surface area contributed by atoms with Crippen molar-refractivity contribution in [2.75, 3.05) is 7.05 Å². The Balaban J connectivity index is 2.27. The molecule has 20 heavy (non-hydrogen) atoms. The van der Waals surface area contributed by atoms with E-state index < -0.39 is 5.54 Å². The van der Waals surface area contributed by atoms with E-state index in [-0.39, 0.29) is 11.3 Å². The molecule has 1 aromatic carbocycles. The summed E-state index contributed by atoms with van der Waals surface area (Å²) in [5.41, 5.74) is 7.25. The minimum Gasteiger partial charge on any atom is -0.369 e. The average Bonchev–Trinajstić information content (AvgIpc) is 2.55.